The van der Waals surface area contributed by atoms with E-state index in [1.807, 2.05) is 42.2 Å². The highest BCUT2D eigenvalue weighted by Crippen LogP contribution is 2.30. The van der Waals surface area contributed by atoms with Crippen molar-refractivity contribution in [2.45, 2.75) is 33.2 Å². The van der Waals surface area contributed by atoms with Crippen molar-refractivity contribution in [3.05, 3.63) is 40.9 Å². The molecule has 1 heterocycles. The quantitative estimate of drug-likeness (QED) is 0.847. The maximum absolute atomic E-state index is 11.2. The third-order valence-corrected chi connectivity index (χ3v) is 4.75. The van der Waals surface area contributed by atoms with Crippen LogP contribution in [-0.2, 0) is 11.2 Å². The van der Waals surface area contributed by atoms with Gasteiger partial charge in [0.1, 0.15) is 5.01 Å². The molecule has 0 aliphatic carbocycles. The first-order valence-electron chi connectivity index (χ1n) is 7.39. The minimum absolute atomic E-state index is 0.0423. The summed E-state index contributed by atoms with van der Waals surface area (Å²) in [5.74, 6) is -1.27. The van der Waals surface area contributed by atoms with Gasteiger partial charge in [-0.15, -0.1) is 10.2 Å². The third kappa shape index (κ3) is 3.82. The molecule has 1 N–H and O–H groups in total. The zero-order valence-corrected chi connectivity index (χ0v) is 13.9. The zero-order chi connectivity index (χ0) is 16.1. The number of aliphatic carboxylic acids is 1. The highest BCUT2D eigenvalue weighted by atomic mass is 32.1. The summed E-state index contributed by atoms with van der Waals surface area (Å²) in [7, 11) is 0. The number of rotatable bonds is 7. The van der Waals surface area contributed by atoms with Crippen molar-refractivity contribution in [3.63, 3.8) is 0 Å². The van der Waals surface area contributed by atoms with Gasteiger partial charge in [0, 0.05) is 6.54 Å². The molecule has 0 saturated carbocycles. The highest BCUT2D eigenvalue weighted by Gasteiger charge is 2.24. The van der Waals surface area contributed by atoms with E-state index in [1.54, 1.807) is 6.92 Å². The molecule has 1 aromatic heterocycles. The molecule has 0 spiro atoms. The van der Waals surface area contributed by atoms with Crippen LogP contribution >= 0.6 is 11.3 Å². The molecule has 2 aromatic rings. The summed E-state index contributed by atoms with van der Waals surface area (Å²) >= 11 is 1.53. The smallest absolute Gasteiger partial charge is 0.308 e. The van der Waals surface area contributed by atoms with Crippen LogP contribution in [0, 0.1) is 5.92 Å². The molecule has 0 radical (unpaired) electrons. The number of anilines is 1. The number of hydrogen-bond donors (Lipinski definition) is 1. The number of carbonyl (C=O) groups is 1. The molecular formula is C16H21N3O2S. The van der Waals surface area contributed by atoms with Crippen LogP contribution in [0.1, 0.15) is 37.4 Å². The van der Waals surface area contributed by atoms with Gasteiger partial charge in [-0.2, -0.15) is 0 Å². The van der Waals surface area contributed by atoms with Crippen LogP contribution in [0.2, 0.25) is 0 Å². The molecule has 0 amide bonds. The first kappa shape index (κ1) is 16.4. The number of carboxylic acids is 1. The van der Waals surface area contributed by atoms with Crippen LogP contribution < -0.4 is 4.90 Å². The lowest BCUT2D eigenvalue weighted by molar-refractivity contribution is -0.140. The molecule has 1 aromatic carbocycles. The van der Waals surface area contributed by atoms with E-state index in [0.29, 0.717) is 6.54 Å². The van der Waals surface area contributed by atoms with E-state index >= 15 is 0 Å². The van der Waals surface area contributed by atoms with Gasteiger partial charge in [0.05, 0.1) is 12.0 Å². The fraction of sp³-hybridized carbons (Fsp3) is 0.438. The van der Waals surface area contributed by atoms with Crippen LogP contribution in [0.15, 0.2) is 30.3 Å². The summed E-state index contributed by atoms with van der Waals surface area (Å²) in [4.78, 5) is 13.3. The Bertz CT molecular complexity index is 615. The molecular weight excluding hydrogens is 298 g/mol. The molecule has 0 saturated heterocycles. The Morgan fingerprint density at radius 2 is 1.95 bits per heavy atom. The molecule has 5 nitrogen and oxygen atoms in total. The lowest BCUT2D eigenvalue weighted by Gasteiger charge is -2.30. The Hall–Kier alpha value is -1.95. The van der Waals surface area contributed by atoms with Gasteiger partial charge in [-0.1, -0.05) is 55.5 Å². The number of aromatic nitrogens is 2. The normalized spacial score (nSPS) is 13.6. The largest absolute Gasteiger partial charge is 0.481 e. The SMILES string of the molecule is CCc1nnc(N(CC(C)C(=O)O)C(C)c2ccccc2)s1. The fourth-order valence-corrected chi connectivity index (χ4v) is 3.06. The van der Waals surface area contributed by atoms with E-state index in [0.717, 1.165) is 22.1 Å². The Kier molecular flexibility index (Phi) is 5.49. The van der Waals surface area contributed by atoms with Gasteiger partial charge >= 0.3 is 5.97 Å². The molecule has 6 heteroatoms. The van der Waals surface area contributed by atoms with Crippen molar-refractivity contribution >= 4 is 22.4 Å². The summed E-state index contributed by atoms with van der Waals surface area (Å²) in [5, 5.41) is 19.4. The van der Waals surface area contributed by atoms with Crippen molar-refractivity contribution in [2.24, 2.45) is 5.92 Å². The van der Waals surface area contributed by atoms with Crippen molar-refractivity contribution < 1.29 is 9.90 Å². The van der Waals surface area contributed by atoms with E-state index in [-0.39, 0.29) is 6.04 Å². The maximum Gasteiger partial charge on any atom is 0.308 e. The number of carboxylic acid groups (broad SMARTS) is 1. The predicted octanol–water partition coefficient (Wildman–Crippen LogP) is 3.39. The van der Waals surface area contributed by atoms with Crippen molar-refractivity contribution in [3.8, 4) is 0 Å². The van der Waals surface area contributed by atoms with E-state index in [2.05, 4.69) is 17.1 Å². The third-order valence-electron chi connectivity index (χ3n) is 3.65. The topological polar surface area (TPSA) is 66.3 Å². The monoisotopic (exact) mass is 319 g/mol. The van der Waals surface area contributed by atoms with Crippen LogP contribution in [-0.4, -0.2) is 27.8 Å². The van der Waals surface area contributed by atoms with E-state index in [1.165, 1.54) is 11.3 Å². The lowest BCUT2D eigenvalue weighted by Crippen LogP contribution is -2.34. The number of hydrogen-bond acceptors (Lipinski definition) is 5. The summed E-state index contributed by atoms with van der Waals surface area (Å²) in [6, 6.07) is 10.1. The van der Waals surface area contributed by atoms with Crippen LogP contribution in [0.25, 0.3) is 0 Å². The van der Waals surface area contributed by atoms with E-state index in [9.17, 15) is 9.90 Å². The summed E-state index contributed by atoms with van der Waals surface area (Å²) < 4.78 is 0. The van der Waals surface area contributed by atoms with Gasteiger partial charge in [0.25, 0.3) is 0 Å². The average molecular weight is 319 g/mol. The number of aryl methyl sites for hydroxylation is 1. The van der Waals surface area contributed by atoms with Crippen LogP contribution in [0.4, 0.5) is 5.13 Å². The zero-order valence-electron chi connectivity index (χ0n) is 13.1. The van der Waals surface area contributed by atoms with Crippen molar-refractivity contribution in [1.29, 1.82) is 0 Å². The molecule has 2 rings (SSSR count). The molecule has 118 valence electrons. The van der Waals surface area contributed by atoms with Gasteiger partial charge < -0.3 is 10.0 Å². The van der Waals surface area contributed by atoms with Gasteiger partial charge in [-0.3, -0.25) is 4.79 Å². The lowest BCUT2D eigenvalue weighted by atomic mass is 10.1. The average Bonchev–Trinajstić information content (AvgIpc) is 3.01. The Labute approximate surface area is 134 Å². The second-order valence-corrected chi connectivity index (χ2v) is 6.35. The van der Waals surface area contributed by atoms with Gasteiger partial charge in [0.15, 0.2) is 0 Å². The molecule has 0 bridgehead atoms. The Balaban J connectivity index is 2.30. The Morgan fingerprint density at radius 1 is 1.27 bits per heavy atom. The van der Waals surface area contributed by atoms with Crippen molar-refractivity contribution in [1.82, 2.24) is 10.2 Å². The summed E-state index contributed by atoms with van der Waals surface area (Å²) in [6.45, 7) is 6.23. The van der Waals surface area contributed by atoms with Gasteiger partial charge in [-0.25, -0.2) is 0 Å². The number of nitrogens with zero attached hydrogens (tertiary/aromatic N) is 3. The summed E-state index contributed by atoms with van der Waals surface area (Å²) in [5.41, 5.74) is 1.13. The van der Waals surface area contributed by atoms with Crippen LogP contribution in [0.3, 0.4) is 0 Å². The van der Waals surface area contributed by atoms with E-state index < -0.39 is 11.9 Å². The molecule has 0 fully saturated rings. The number of benzene rings is 1. The van der Waals surface area contributed by atoms with Crippen molar-refractivity contribution in [2.75, 3.05) is 11.4 Å². The molecule has 2 unspecified atom stereocenters. The fourth-order valence-electron chi connectivity index (χ4n) is 2.19. The summed E-state index contributed by atoms with van der Waals surface area (Å²) in [6.07, 6.45) is 0.833. The minimum Gasteiger partial charge on any atom is -0.481 e. The second kappa shape index (κ2) is 7.35. The van der Waals surface area contributed by atoms with Crippen LogP contribution in [0.5, 0.6) is 0 Å². The van der Waals surface area contributed by atoms with E-state index in [4.69, 9.17) is 0 Å². The predicted molar refractivity (Wildman–Crippen MR) is 88.3 cm³/mol. The highest BCUT2D eigenvalue weighted by molar-refractivity contribution is 7.15. The Morgan fingerprint density at radius 3 is 2.50 bits per heavy atom. The maximum atomic E-state index is 11.2. The minimum atomic E-state index is -0.800. The molecule has 22 heavy (non-hydrogen) atoms. The van der Waals surface area contributed by atoms with Gasteiger partial charge in [0.2, 0.25) is 5.13 Å². The molecule has 0 aliphatic rings. The molecule has 0 aliphatic heterocycles. The first-order valence-corrected chi connectivity index (χ1v) is 8.21. The standard InChI is InChI=1S/C16H21N3O2S/c1-4-14-17-18-16(22-14)19(10-11(2)15(20)21)12(3)13-8-6-5-7-9-13/h5-9,11-12H,4,10H2,1-3H3,(H,20,21). The molecule has 2 atom stereocenters. The second-order valence-electron chi connectivity index (χ2n) is 5.31. The first-order chi connectivity index (χ1) is 10.5. The van der Waals surface area contributed by atoms with Gasteiger partial charge in [-0.05, 0) is 18.9 Å².